The van der Waals surface area contributed by atoms with Crippen LogP contribution in [-0.4, -0.2) is 30.9 Å². The van der Waals surface area contributed by atoms with E-state index in [9.17, 15) is 0 Å². The second-order valence-electron chi connectivity index (χ2n) is 6.15. The zero-order chi connectivity index (χ0) is 16.8. The average Bonchev–Trinajstić information content (AvgIpc) is 3.08. The van der Waals surface area contributed by atoms with E-state index >= 15 is 0 Å². The van der Waals surface area contributed by atoms with Gasteiger partial charge < -0.3 is 9.30 Å². The van der Waals surface area contributed by atoms with E-state index in [1.165, 1.54) is 0 Å². The standard InChI is InChI=1S/C17H18BrN5O/c1-10(2)23-17(19-11(3)21-23)14-9-22-6-7-24-15-5-4-12(18)8-13(15)16(22)20-14/h4-5,8-10H,6-7H2,1-3H3. The number of imidazole rings is 1. The number of halogens is 1. The Kier molecular flexibility index (Phi) is 3.68. The van der Waals surface area contributed by atoms with Gasteiger partial charge in [-0.25, -0.2) is 14.6 Å². The van der Waals surface area contributed by atoms with Crippen LogP contribution >= 0.6 is 15.9 Å². The quantitative estimate of drug-likeness (QED) is 0.669. The van der Waals surface area contributed by atoms with E-state index in [-0.39, 0.29) is 6.04 Å². The van der Waals surface area contributed by atoms with Crippen molar-refractivity contribution < 1.29 is 4.74 Å². The van der Waals surface area contributed by atoms with Gasteiger partial charge in [0.25, 0.3) is 0 Å². The maximum atomic E-state index is 5.84. The van der Waals surface area contributed by atoms with Crippen molar-refractivity contribution in [1.29, 1.82) is 0 Å². The highest BCUT2D eigenvalue weighted by atomic mass is 79.9. The minimum absolute atomic E-state index is 0.229. The van der Waals surface area contributed by atoms with Gasteiger partial charge in [-0.05, 0) is 39.0 Å². The number of fused-ring (bicyclic) bond motifs is 3. The van der Waals surface area contributed by atoms with Crippen LogP contribution < -0.4 is 4.74 Å². The highest BCUT2D eigenvalue weighted by Crippen LogP contribution is 2.35. The largest absolute Gasteiger partial charge is 0.491 e. The van der Waals surface area contributed by atoms with E-state index in [1.807, 2.05) is 36.0 Å². The van der Waals surface area contributed by atoms with Crippen LogP contribution in [0.2, 0.25) is 0 Å². The molecule has 0 spiro atoms. The Morgan fingerprint density at radius 1 is 1.21 bits per heavy atom. The SMILES string of the molecule is Cc1nc(-c2cn3c(n2)-c2cc(Br)ccc2OCC3)n(C(C)C)n1. The third-order valence-electron chi connectivity index (χ3n) is 4.00. The molecule has 6 nitrogen and oxygen atoms in total. The lowest BCUT2D eigenvalue weighted by Crippen LogP contribution is -2.06. The molecule has 4 rings (SSSR count). The lowest BCUT2D eigenvalue weighted by Gasteiger charge is -2.07. The van der Waals surface area contributed by atoms with E-state index in [0.717, 1.165) is 45.5 Å². The maximum Gasteiger partial charge on any atom is 0.178 e. The normalized spacial score (nSPS) is 13.4. The number of aryl methyl sites for hydroxylation is 1. The summed E-state index contributed by atoms with van der Waals surface area (Å²) in [7, 11) is 0. The van der Waals surface area contributed by atoms with Gasteiger partial charge in [0.2, 0.25) is 0 Å². The third-order valence-corrected chi connectivity index (χ3v) is 4.50. The van der Waals surface area contributed by atoms with Crippen LogP contribution in [0.4, 0.5) is 0 Å². The minimum atomic E-state index is 0.229. The van der Waals surface area contributed by atoms with Crippen LogP contribution in [0.1, 0.15) is 25.7 Å². The van der Waals surface area contributed by atoms with Crippen molar-refractivity contribution in [3.8, 4) is 28.7 Å². The summed E-state index contributed by atoms with van der Waals surface area (Å²) in [5.74, 6) is 3.32. The molecule has 3 heterocycles. The first-order chi connectivity index (χ1) is 11.5. The molecule has 0 saturated carbocycles. The first kappa shape index (κ1) is 15.4. The molecule has 2 aromatic heterocycles. The van der Waals surface area contributed by atoms with Crippen LogP contribution in [0.3, 0.4) is 0 Å². The van der Waals surface area contributed by atoms with Gasteiger partial charge in [0.15, 0.2) is 5.82 Å². The van der Waals surface area contributed by atoms with Crippen LogP contribution in [0.15, 0.2) is 28.9 Å². The van der Waals surface area contributed by atoms with E-state index < -0.39 is 0 Å². The van der Waals surface area contributed by atoms with Crippen molar-refractivity contribution in [3.63, 3.8) is 0 Å². The van der Waals surface area contributed by atoms with Crippen LogP contribution in [-0.2, 0) is 6.54 Å². The third kappa shape index (κ3) is 2.53. The molecule has 1 aliphatic rings. The number of nitrogens with zero attached hydrogens (tertiary/aromatic N) is 5. The maximum absolute atomic E-state index is 5.84. The van der Waals surface area contributed by atoms with Gasteiger partial charge in [0.1, 0.15) is 29.7 Å². The predicted octanol–water partition coefficient (Wildman–Crippen LogP) is 3.85. The fourth-order valence-corrected chi connectivity index (χ4v) is 3.29. The molecule has 0 amide bonds. The summed E-state index contributed by atoms with van der Waals surface area (Å²) in [6, 6.07) is 6.23. The van der Waals surface area contributed by atoms with Crippen molar-refractivity contribution in [2.45, 2.75) is 33.4 Å². The van der Waals surface area contributed by atoms with E-state index in [4.69, 9.17) is 9.72 Å². The van der Waals surface area contributed by atoms with Crippen molar-refractivity contribution in [3.05, 3.63) is 34.7 Å². The van der Waals surface area contributed by atoms with Gasteiger partial charge >= 0.3 is 0 Å². The summed E-state index contributed by atoms with van der Waals surface area (Å²) in [5, 5.41) is 4.49. The van der Waals surface area contributed by atoms with Crippen LogP contribution in [0, 0.1) is 6.92 Å². The van der Waals surface area contributed by atoms with Crippen molar-refractivity contribution >= 4 is 15.9 Å². The van der Waals surface area contributed by atoms with Crippen molar-refractivity contribution in [2.24, 2.45) is 0 Å². The average molecular weight is 388 g/mol. The smallest absolute Gasteiger partial charge is 0.178 e. The van der Waals surface area contributed by atoms with Gasteiger partial charge in [0, 0.05) is 16.7 Å². The lowest BCUT2D eigenvalue weighted by atomic mass is 10.2. The van der Waals surface area contributed by atoms with Gasteiger partial charge in [-0.3, -0.25) is 0 Å². The number of hydrogen-bond donors (Lipinski definition) is 0. The molecule has 0 bridgehead atoms. The molecular weight excluding hydrogens is 370 g/mol. The fraction of sp³-hybridized carbons (Fsp3) is 0.353. The molecular formula is C17H18BrN5O. The Morgan fingerprint density at radius 3 is 2.83 bits per heavy atom. The van der Waals surface area contributed by atoms with Crippen molar-refractivity contribution in [1.82, 2.24) is 24.3 Å². The molecule has 1 aliphatic heterocycles. The molecule has 124 valence electrons. The molecule has 0 aliphatic carbocycles. The molecule has 0 fully saturated rings. The van der Waals surface area contributed by atoms with Gasteiger partial charge in [-0.1, -0.05) is 15.9 Å². The summed E-state index contributed by atoms with van der Waals surface area (Å²) in [6.07, 6.45) is 2.04. The molecule has 0 unspecified atom stereocenters. The Hall–Kier alpha value is -2.15. The van der Waals surface area contributed by atoms with Crippen molar-refractivity contribution in [2.75, 3.05) is 6.61 Å². The zero-order valence-corrected chi connectivity index (χ0v) is 15.4. The van der Waals surface area contributed by atoms with Gasteiger partial charge in [0.05, 0.1) is 12.1 Å². The second-order valence-corrected chi connectivity index (χ2v) is 7.07. The Morgan fingerprint density at radius 2 is 2.04 bits per heavy atom. The molecule has 0 saturated heterocycles. The molecule has 0 radical (unpaired) electrons. The van der Waals surface area contributed by atoms with E-state index in [0.29, 0.717) is 6.61 Å². The highest BCUT2D eigenvalue weighted by Gasteiger charge is 2.22. The first-order valence-corrected chi connectivity index (χ1v) is 8.75. The highest BCUT2D eigenvalue weighted by molar-refractivity contribution is 9.10. The first-order valence-electron chi connectivity index (χ1n) is 7.96. The monoisotopic (exact) mass is 387 g/mol. The molecule has 0 N–H and O–H groups in total. The Bertz CT molecular complexity index is 912. The zero-order valence-electron chi connectivity index (χ0n) is 13.8. The summed E-state index contributed by atoms with van der Waals surface area (Å²) >= 11 is 3.53. The number of benzene rings is 1. The number of aromatic nitrogens is 5. The fourth-order valence-electron chi connectivity index (χ4n) is 2.93. The molecule has 0 atom stereocenters. The van der Waals surface area contributed by atoms with Gasteiger partial charge in [-0.2, -0.15) is 5.10 Å². The number of ether oxygens (including phenoxy) is 1. The molecule has 1 aromatic carbocycles. The number of hydrogen-bond acceptors (Lipinski definition) is 4. The van der Waals surface area contributed by atoms with E-state index in [2.05, 4.69) is 44.4 Å². The second kappa shape index (κ2) is 5.73. The Balaban J connectivity index is 1.88. The molecule has 3 aromatic rings. The summed E-state index contributed by atoms with van der Waals surface area (Å²) < 4.78 is 10.9. The van der Waals surface area contributed by atoms with Crippen LogP contribution in [0.5, 0.6) is 5.75 Å². The summed E-state index contributed by atoms with van der Waals surface area (Å²) in [4.78, 5) is 9.44. The Labute approximate surface area is 148 Å². The molecule has 24 heavy (non-hydrogen) atoms. The van der Waals surface area contributed by atoms with E-state index in [1.54, 1.807) is 0 Å². The summed E-state index contributed by atoms with van der Waals surface area (Å²) in [5.41, 5.74) is 1.83. The minimum Gasteiger partial charge on any atom is -0.491 e. The topological polar surface area (TPSA) is 57.8 Å². The van der Waals surface area contributed by atoms with Crippen LogP contribution in [0.25, 0.3) is 22.9 Å². The summed E-state index contributed by atoms with van der Waals surface area (Å²) in [6.45, 7) is 7.47. The predicted molar refractivity (Wildman–Crippen MR) is 95.0 cm³/mol. The number of rotatable bonds is 2. The van der Waals surface area contributed by atoms with Gasteiger partial charge in [-0.15, -0.1) is 0 Å². The lowest BCUT2D eigenvalue weighted by molar-refractivity contribution is 0.306. The molecule has 7 heteroatoms.